The predicted molar refractivity (Wildman–Crippen MR) is 82.1 cm³/mol. The minimum Gasteiger partial charge on any atom is -0.334 e. The summed E-state index contributed by atoms with van der Waals surface area (Å²) in [5.41, 5.74) is 0.888. The summed E-state index contributed by atoms with van der Waals surface area (Å²) < 4.78 is 5.36. The van der Waals surface area contributed by atoms with E-state index in [1.165, 1.54) is 0 Å². The molecule has 2 unspecified atom stereocenters. The van der Waals surface area contributed by atoms with Gasteiger partial charge in [-0.15, -0.1) is 0 Å². The van der Waals surface area contributed by atoms with Crippen LogP contribution < -0.4 is 5.32 Å². The van der Waals surface area contributed by atoms with Crippen LogP contribution in [0.2, 0.25) is 5.02 Å². The van der Waals surface area contributed by atoms with Crippen molar-refractivity contribution in [1.82, 2.24) is 20.4 Å². The van der Waals surface area contributed by atoms with Crippen molar-refractivity contribution in [2.75, 3.05) is 13.1 Å². The van der Waals surface area contributed by atoms with E-state index in [0.717, 1.165) is 24.5 Å². The molecule has 1 aliphatic heterocycles. The molecule has 1 aromatic heterocycles. The average Bonchev–Trinajstić information content (AvgIpc) is 2.92. The average molecular weight is 307 g/mol. The van der Waals surface area contributed by atoms with Gasteiger partial charge >= 0.3 is 0 Å². The number of hydrogen-bond donors (Lipinski definition) is 1. The van der Waals surface area contributed by atoms with E-state index in [1.54, 1.807) is 0 Å². The molecule has 3 rings (SSSR count). The second-order valence-electron chi connectivity index (χ2n) is 5.55. The van der Waals surface area contributed by atoms with E-state index in [1.807, 2.05) is 24.3 Å². The molecule has 2 aromatic rings. The number of benzene rings is 1. The Morgan fingerprint density at radius 2 is 1.90 bits per heavy atom. The fraction of sp³-hybridized carbons (Fsp3) is 0.467. The molecule has 1 fully saturated rings. The predicted octanol–water partition coefficient (Wildman–Crippen LogP) is 2.57. The van der Waals surface area contributed by atoms with Crippen molar-refractivity contribution in [1.29, 1.82) is 0 Å². The molecule has 2 atom stereocenters. The number of nitrogens with zero attached hydrogens (tertiary/aromatic N) is 3. The van der Waals surface area contributed by atoms with Gasteiger partial charge < -0.3 is 9.84 Å². The van der Waals surface area contributed by atoms with Gasteiger partial charge in [0.2, 0.25) is 0 Å². The van der Waals surface area contributed by atoms with Gasteiger partial charge in [0.25, 0.3) is 5.89 Å². The highest BCUT2D eigenvalue weighted by molar-refractivity contribution is 6.30. The zero-order valence-corrected chi connectivity index (χ0v) is 13.0. The van der Waals surface area contributed by atoms with Crippen LogP contribution in [-0.4, -0.2) is 40.2 Å². The molecule has 6 heteroatoms. The number of nitrogens with one attached hydrogen (secondary N) is 1. The molecule has 0 aliphatic carbocycles. The molecule has 0 radical (unpaired) electrons. The molecule has 0 saturated carbocycles. The van der Waals surface area contributed by atoms with Gasteiger partial charge in [-0.1, -0.05) is 16.8 Å². The number of piperazine rings is 1. The highest BCUT2D eigenvalue weighted by Crippen LogP contribution is 2.21. The number of halogens is 1. The van der Waals surface area contributed by atoms with Gasteiger partial charge in [0, 0.05) is 35.8 Å². The van der Waals surface area contributed by atoms with Gasteiger partial charge in [-0.3, -0.25) is 4.90 Å². The third-order valence-corrected chi connectivity index (χ3v) is 4.15. The van der Waals surface area contributed by atoms with Gasteiger partial charge in [-0.05, 0) is 38.1 Å². The topological polar surface area (TPSA) is 54.2 Å². The molecule has 0 amide bonds. The van der Waals surface area contributed by atoms with Gasteiger partial charge in [0.1, 0.15) is 0 Å². The second kappa shape index (κ2) is 6.13. The lowest BCUT2D eigenvalue weighted by molar-refractivity contribution is 0.104. The lowest BCUT2D eigenvalue weighted by Crippen LogP contribution is -2.54. The molecule has 1 aromatic carbocycles. The summed E-state index contributed by atoms with van der Waals surface area (Å²) in [6.45, 7) is 7.12. The summed E-state index contributed by atoms with van der Waals surface area (Å²) in [5, 5.41) is 8.21. The lowest BCUT2D eigenvalue weighted by Gasteiger charge is -2.38. The van der Waals surface area contributed by atoms with E-state index in [4.69, 9.17) is 16.1 Å². The summed E-state index contributed by atoms with van der Waals surface area (Å²) in [5.74, 6) is 1.26. The second-order valence-corrected chi connectivity index (χ2v) is 5.99. The Hall–Kier alpha value is -1.43. The van der Waals surface area contributed by atoms with Crippen molar-refractivity contribution in [2.45, 2.75) is 32.5 Å². The Morgan fingerprint density at radius 1 is 1.24 bits per heavy atom. The zero-order chi connectivity index (χ0) is 14.8. The molecule has 2 heterocycles. The first-order chi connectivity index (χ1) is 10.1. The maximum Gasteiger partial charge on any atom is 0.257 e. The molecule has 0 spiro atoms. The van der Waals surface area contributed by atoms with E-state index in [2.05, 4.69) is 34.2 Å². The van der Waals surface area contributed by atoms with Crippen LogP contribution >= 0.6 is 11.6 Å². The first kappa shape index (κ1) is 14.5. The maximum atomic E-state index is 5.89. The normalized spacial score (nSPS) is 23.4. The van der Waals surface area contributed by atoms with Crippen LogP contribution in [-0.2, 0) is 6.54 Å². The van der Waals surface area contributed by atoms with Gasteiger partial charge in [-0.2, -0.15) is 4.98 Å². The van der Waals surface area contributed by atoms with E-state index < -0.39 is 0 Å². The first-order valence-electron chi connectivity index (χ1n) is 7.18. The third kappa shape index (κ3) is 3.26. The molecule has 112 valence electrons. The minimum absolute atomic E-state index is 0.464. The van der Waals surface area contributed by atoms with Crippen molar-refractivity contribution in [3.8, 4) is 11.5 Å². The third-order valence-electron chi connectivity index (χ3n) is 3.90. The van der Waals surface area contributed by atoms with Crippen LogP contribution in [0.1, 0.15) is 19.7 Å². The van der Waals surface area contributed by atoms with Crippen molar-refractivity contribution in [3.05, 3.63) is 35.1 Å². The van der Waals surface area contributed by atoms with Crippen LogP contribution in [0, 0.1) is 0 Å². The van der Waals surface area contributed by atoms with Crippen LogP contribution in [0.15, 0.2) is 28.8 Å². The van der Waals surface area contributed by atoms with Crippen LogP contribution in [0.4, 0.5) is 0 Å². The Kier molecular flexibility index (Phi) is 4.24. The van der Waals surface area contributed by atoms with Gasteiger partial charge in [-0.25, -0.2) is 0 Å². The van der Waals surface area contributed by atoms with Gasteiger partial charge in [0.05, 0.1) is 6.54 Å². The molecule has 1 N–H and O–H groups in total. The molecule has 0 bridgehead atoms. The van der Waals surface area contributed by atoms with Crippen molar-refractivity contribution >= 4 is 11.6 Å². The SMILES string of the molecule is CC1CNCC(C)N1Cc1noc(-c2ccc(Cl)cc2)n1. The minimum atomic E-state index is 0.464. The lowest BCUT2D eigenvalue weighted by atomic mass is 10.1. The molecular formula is C15H19ClN4O. The van der Waals surface area contributed by atoms with Crippen molar-refractivity contribution < 1.29 is 4.52 Å². The Bertz CT molecular complexity index is 588. The van der Waals surface area contributed by atoms with E-state index in [9.17, 15) is 0 Å². The van der Waals surface area contributed by atoms with Crippen LogP contribution in [0.3, 0.4) is 0 Å². The zero-order valence-electron chi connectivity index (χ0n) is 12.2. The summed E-state index contributed by atoms with van der Waals surface area (Å²) in [4.78, 5) is 6.89. The van der Waals surface area contributed by atoms with Crippen molar-refractivity contribution in [3.63, 3.8) is 0 Å². The molecule has 21 heavy (non-hydrogen) atoms. The summed E-state index contributed by atoms with van der Waals surface area (Å²) in [7, 11) is 0. The first-order valence-corrected chi connectivity index (χ1v) is 7.56. The van der Waals surface area contributed by atoms with E-state index in [0.29, 0.717) is 29.5 Å². The van der Waals surface area contributed by atoms with Crippen LogP contribution in [0.25, 0.3) is 11.5 Å². The van der Waals surface area contributed by atoms with Gasteiger partial charge in [0.15, 0.2) is 5.82 Å². The number of aromatic nitrogens is 2. The fourth-order valence-electron chi connectivity index (χ4n) is 2.67. The molecular weight excluding hydrogens is 288 g/mol. The molecule has 5 nitrogen and oxygen atoms in total. The highest BCUT2D eigenvalue weighted by atomic mass is 35.5. The highest BCUT2D eigenvalue weighted by Gasteiger charge is 2.26. The number of rotatable bonds is 3. The van der Waals surface area contributed by atoms with Crippen molar-refractivity contribution in [2.24, 2.45) is 0 Å². The Labute approximate surface area is 129 Å². The molecule has 1 aliphatic rings. The summed E-state index contributed by atoms with van der Waals surface area (Å²) in [6.07, 6.45) is 0. The van der Waals surface area contributed by atoms with Crippen LogP contribution in [0.5, 0.6) is 0 Å². The quantitative estimate of drug-likeness (QED) is 0.944. The summed E-state index contributed by atoms with van der Waals surface area (Å²) in [6, 6.07) is 8.34. The molecule has 1 saturated heterocycles. The smallest absolute Gasteiger partial charge is 0.257 e. The Morgan fingerprint density at radius 3 is 2.57 bits per heavy atom. The maximum absolute atomic E-state index is 5.89. The fourth-order valence-corrected chi connectivity index (χ4v) is 2.80. The van der Waals surface area contributed by atoms with E-state index in [-0.39, 0.29) is 0 Å². The Balaban J connectivity index is 1.74. The standard InChI is InChI=1S/C15H19ClN4O/c1-10-7-17-8-11(2)20(10)9-14-18-15(21-19-14)12-3-5-13(16)6-4-12/h3-6,10-11,17H,7-9H2,1-2H3. The summed E-state index contributed by atoms with van der Waals surface area (Å²) >= 11 is 5.89. The largest absolute Gasteiger partial charge is 0.334 e. The van der Waals surface area contributed by atoms with E-state index >= 15 is 0 Å². The number of hydrogen-bond acceptors (Lipinski definition) is 5. The monoisotopic (exact) mass is 306 g/mol.